The van der Waals surface area contributed by atoms with Crippen molar-refractivity contribution in [2.45, 2.75) is 19.8 Å². The van der Waals surface area contributed by atoms with E-state index >= 15 is 0 Å². The number of hydrogen-bond acceptors (Lipinski definition) is 4. The average Bonchev–Trinajstić information content (AvgIpc) is 3.32. The van der Waals surface area contributed by atoms with Crippen molar-refractivity contribution in [3.8, 4) is 17.3 Å². The van der Waals surface area contributed by atoms with E-state index in [9.17, 15) is 4.79 Å². The molecule has 0 aliphatic heterocycles. The Balaban J connectivity index is 1.83. The van der Waals surface area contributed by atoms with Crippen molar-refractivity contribution < 1.29 is 4.79 Å². The molecule has 1 aromatic carbocycles. The van der Waals surface area contributed by atoms with Crippen LogP contribution in [0.3, 0.4) is 0 Å². The Morgan fingerprint density at radius 1 is 1.33 bits per heavy atom. The Morgan fingerprint density at radius 2 is 2.17 bits per heavy atom. The Hall–Kier alpha value is -3.20. The molecule has 1 aliphatic rings. The summed E-state index contributed by atoms with van der Waals surface area (Å²) in [5.74, 6) is 0.195. The molecule has 1 aliphatic carbocycles. The topological polar surface area (TPSA) is 83.1 Å². The number of carbonyl (C=O) groups is 1. The third kappa shape index (κ3) is 2.50. The van der Waals surface area contributed by atoms with Crippen LogP contribution in [0.1, 0.15) is 24.0 Å². The molecule has 3 aromatic rings. The van der Waals surface area contributed by atoms with Crippen molar-refractivity contribution in [3.63, 3.8) is 0 Å². The highest BCUT2D eigenvalue weighted by Gasteiger charge is 2.29. The minimum Gasteiger partial charge on any atom is -0.326 e. The van der Waals surface area contributed by atoms with Gasteiger partial charge in [-0.1, -0.05) is 6.07 Å². The molecule has 6 nitrogen and oxygen atoms in total. The minimum atomic E-state index is 0.0568. The van der Waals surface area contributed by atoms with Crippen molar-refractivity contribution in [3.05, 3.63) is 47.8 Å². The molecule has 0 atom stereocenters. The number of aryl methyl sites for hydroxylation is 1. The predicted octanol–water partition coefficient (Wildman–Crippen LogP) is 2.92. The molecular weight excluding hydrogens is 302 g/mol. The number of fused-ring (bicyclic) bond motifs is 1. The van der Waals surface area contributed by atoms with E-state index in [4.69, 9.17) is 5.26 Å². The lowest BCUT2D eigenvalue weighted by Crippen LogP contribution is -2.13. The molecule has 0 radical (unpaired) electrons. The van der Waals surface area contributed by atoms with Crippen molar-refractivity contribution in [1.82, 2.24) is 14.6 Å². The first-order valence-corrected chi connectivity index (χ1v) is 7.81. The van der Waals surface area contributed by atoms with Crippen LogP contribution in [0, 0.1) is 24.2 Å². The second kappa shape index (κ2) is 5.46. The zero-order valence-electron chi connectivity index (χ0n) is 13.2. The van der Waals surface area contributed by atoms with Crippen LogP contribution in [0.4, 0.5) is 5.69 Å². The molecule has 0 spiro atoms. The molecule has 6 heteroatoms. The van der Waals surface area contributed by atoms with Crippen molar-refractivity contribution in [2.75, 3.05) is 5.32 Å². The van der Waals surface area contributed by atoms with Gasteiger partial charge < -0.3 is 5.32 Å². The van der Waals surface area contributed by atoms with Gasteiger partial charge in [0.05, 0.1) is 17.3 Å². The highest BCUT2D eigenvalue weighted by Crippen LogP contribution is 2.32. The van der Waals surface area contributed by atoms with Crippen LogP contribution in [0.25, 0.3) is 16.9 Å². The van der Waals surface area contributed by atoms with Gasteiger partial charge in [0.15, 0.2) is 5.65 Å². The number of aromatic nitrogens is 3. The van der Waals surface area contributed by atoms with Crippen LogP contribution in [-0.4, -0.2) is 20.5 Å². The van der Waals surface area contributed by atoms with Crippen molar-refractivity contribution in [1.29, 1.82) is 5.26 Å². The number of nitrogens with one attached hydrogen (secondary N) is 1. The summed E-state index contributed by atoms with van der Waals surface area (Å²) in [6.45, 7) is 1.95. The van der Waals surface area contributed by atoms with E-state index in [2.05, 4.69) is 21.5 Å². The van der Waals surface area contributed by atoms with Gasteiger partial charge in [0.2, 0.25) is 5.91 Å². The van der Waals surface area contributed by atoms with Crippen molar-refractivity contribution >= 4 is 17.2 Å². The number of anilines is 1. The molecule has 2 heterocycles. The number of nitriles is 1. The maximum Gasteiger partial charge on any atom is 0.227 e. The lowest BCUT2D eigenvalue weighted by atomic mass is 10.0. The molecular formula is C18H15N5O. The van der Waals surface area contributed by atoms with E-state index in [-0.39, 0.29) is 11.8 Å². The van der Waals surface area contributed by atoms with E-state index in [1.807, 2.05) is 31.2 Å². The van der Waals surface area contributed by atoms with Gasteiger partial charge in [-0.05, 0) is 43.5 Å². The number of carbonyl (C=O) groups excluding carboxylic acids is 1. The molecule has 1 N–H and O–H groups in total. The first-order valence-electron chi connectivity index (χ1n) is 7.81. The lowest BCUT2D eigenvalue weighted by molar-refractivity contribution is -0.117. The third-order valence-electron chi connectivity index (χ3n) is 4.23. The Bertz CT molecular complexity index is 994. The predicted molar refractivity (Wildman–Crippen MR) is 89.2 cm³/mol. The number of nitrogens with zero attached hydrogens (tertiary/aromatic N) is 4. The first-order chi connectivity index (χ1) is 11.7. The molecule has 0 saturated heterocycles. The molecule has 24 heavy (non-hydrogen) atoms. The van der Waals surface area contributed by atoms with Gasteiger partial charge in [-0.25, -0.2) is 9.50 Å². The van der Waals surface area contributed by atoms with Gasteiger partial charge in [0.25, 0.3) is 0 Å². The second-order valence-corrected chi connectivity index (χ2v) is 6.06. The average molecular weight is 317 g/mol. The van der Waals surface area contributed by atoms with Gasteiger partial charge in [-0.15, -0.1) is 0 Å². The number of amides is 1. The van der Waals surface area contributed by atoms with Gasteiger partial charge in [0, 0.05) is 23.2 Å². The van der Waals surface area contributed by atoms with Gasteiger partial charge in [-0.2, -0.15) is 10.4 Å². The monoisotopic (exact) mass is 317 g/mol. The van der Waals surface area contributed by atoms with Gasteiger partial charge in [-0.3, -0.25) is 4.79 Å². The van der Waals surface area contributed by atoms with Gasteiger partial charge in [0.1, 0.15) is 6.33 Å². The maximum absolute atomic E-state index is 12.1. The quantitative estimate of drug-likeness (QED) is 0.805. The fourth-order valence-electron chi connectivity index (χ4n) is 2.80. The number of benzene rings is 1. The highest BCUT2D eigenvalue weighted by atomic mass is 16.2. The van der Waals surface area contributed by atoms with Gasteiger partial charge >= 0.3 is 0 Å². The van der Waals surface area contributed by atoms with Crippen LogP contribution in [-0.2, 0) is 4.79 Å². The SMILES string of the molecule is Cc1cc(C#N)ccc1-c1cc(NC(=O)C2CC2)cc2ncnn12. The van der Waals surface area contributed by atoms with E-state index in [1.54, 1.807) is 10.6 Å². The minimum absolute atomic E-state index is 0.0568. The molecule has 1 saturated carbocycles. The normalized spacial score (nSPS) is 13.7. The molecule has 1 fully saturated rings. The van der Waals surface area contributed by atoms with E-state index < -0.39 is 0 Å². The summed E-state index contributed by atoms with van der Waals surface area (Å²) in [7, 11) is 0. The summed E-state index contributed by atoms with van der Waals surface area (Å²) in [5.41, 5.74) is 4.75. The molecule has 118 valence electrons. The molecule has 1 amide bonds. The largest absolute Gasteiger partial charge is 0.326 e. The van der Waals surface area contributed by atoms with Crippen LogP contribution < -0.4 is 5.32 Å². The summed E-state index contributed by atoms with van der Waals surface area (Å²) in [6, 6.07) is 11.4. The van der Waals surface area contributed by atoms with Crippen LogP contribution in [0.5, 0.6) is 0 Å². The Morgan fingerprint density at radius 3 is 2.88 bits per heavy atom. The van der Waals surface area contributed by atoms with Crippen molar-refractivity contribution in [2.24, 2.45) is 5.92 Å². The first kappa shape index (κ1) is 14.4. The fourth-order valence-corrected chi connectivity index (χ4v) is 2.80. The Labute approximate surface area is 138 Å². The summed E-state index contributed by atoms with van der Waals surface area (Å²) >= 11 is 0. The van der Waals surface area contributed by atoms with E-state index in [1.165, 1.54) is 6.33 Å². The Kier molecular flexibility index (Phi) is 3.28. The van der Waals surface area contributed by atoms with Crippen LogP contribution >= 0.6 is 0 Å². The number of rotatable bonds is 3. The lowest BCUT2D eigenvalue weighted by Gasteiger charge is -2.11. The number of hydrogen-bond donors (Lipinski definition) is 1. The highest BCUT2D eigenvalue weighted by molar-refractivity contribution is 5.95. The second-order valence-electron chi connectivity index (χ2n) is 6.06. The molecule has 0 bridgehead atoms. The van der Waals surface area contributed by atoms with E-state index in [0.717, 1.165) is 29.7 Å². The molecule has 2 aromatic heterocycles. The summed E-state index contributed by atoms with van der Waals surface area (Å²) < 4.78 is 1.74. The standard InChI is InChI=1S/C18H15N5O/c1-11-6-12(9-19)2-5-15(11)16-7-14(22-18(24)13-3-4-13)8-17-20-10-21-23(16)17/h2,5-8,10,13H,3-4H2,1H3,(H,22,24). The molecule has 4 rings (SSSR count). The maximum atomic E-state index is 12.1. The zero-order chi connectivity index (χ0) is 16.7. The number of pyridine rings is 1. The molecule has 0 unspecified atom stereocenters. The van der Waals surface area contributed by atoms with E-state index in [0.29, 0.717) is 16.9 Å². The third-order valence-corrected chi connectivity index (χ3v) is 4.23. The van der Waals surface area contributed by atoms with Crippen LogP contribution in [0.15, 0.2) is 36.7 Å². The fraction of sp³-hybridized carbons (Fsp3) is 0.222. The summed E-state index contributed by atoms with van der Waals surface area (Å²) in [6.07, 6.45) is 3.41. The zero-order valence-corrected chi connectivity index (χ0v) is 13.2. The summed E-state index contributed by atoms with van der Waals surface area (Å²) in [5, 5.41) is 16.3. The summed E-state index contributed by atoms with van der Waals surface area (Å²) in [4.78, 5) is 16.3. The van der Waals surface area contributed by atoms with Crippen LogP contribution in [0.2, 0.25) is 0 Å². The smallest absolute Gasteiger partial charge is 0.227 e.